The van der Waals surface area contributed by atoms with Crippen LogP contribution in [0.4, 0.5) is 5.69 Å². The molecule has 2 rings (SSSR count). The van der Waals surface area contributed by atoms with E-state index < -0.39 is 0 Å². The monoisotopic (exact) mass is 432 g/mol. The van der Waals surface area contributed by atoms with Crippen molar-refractivity contribution in [1.29, 1.82) is 0 Å². The van der Waals surface area contributed by atoms with Crippen LogP contribution in [-0.4, -0.2) is 65.0 Å². The average molecular weight is 433 g/mol. The summed E-state index contributed by atoms with van der Waals surface area (Å²) in [5.74, 6) is 1.48. The number of carbonyl (C=O) groups excluding carboxylic acids is 2. The van der Waals surface area contributed by atoms with Gasteiger partial charge in [0.25, 0.3) is 6.47 Å². The minimum atomic E-state index is -0.237. The van der Waals surface area contributed by atoms with Gasteiger partial charge >= 0.3 is 0 Å². The summed E-state index contributed by atoms with van der Waals surface area (Å²) in [6.07, 6.45) is 4.64. The molecule has 1 heterocycles. The van der Waals surface area contributed by atoms with Crippen molar-refractivity contribution in [1.82, 2.24) is 5.32 Å². The Morgan fingerprint density at radius 1 is 1.19 bits per heavy atom. The van der Waals surface area contributed by atoms with Crippen LogP contribution in [0.3, 0.4) is 0 Å². The van der Waals surface area contributed by atoms with Crippen molar-refractivity contribution >= 4 is 18.1 Å². The predicted molar refractivity (Wildman–Crippen MR) is 118 cm³/mol. The van der Waals surface area contributed by atoms with Crippen molar-refractivity contribution < 1.29 is 28.5 Å². The summed E-state index contributed by atoms with van der Waals surface area (Å²) in [5.41, 5.74) is 1.76. The maximum Gasteiger partial charge on any atom is 0.293 e. The highest BCUT2D eigenvalue weighted by molar-refractivity contribution is 5.96. The van der Waals surface area contributed by atoms with E-state index in [9.17, 15) is 9.59 Å². The molecular weight excluding hydrogens is 400 g/mol. The predicted octanol–water partition coefficient (Wildman–Crippen LogP) is 2.45. The zero-order chi connectivity index (χ0) is 22.5. The second kappa shape index (κ2) is 13.5. The first kappa shape index (κ1) is 24.4. The first-order valence-electron chi connectivity index (χ1n) is 10.4. The molecule has 8 heteroatoms. The number of hydrogen-bond acceptors (Lipinski definition) is 7. The van der Waals surface area contributed by atoms with Crippen LogP contribution in [-0.2, 0) is 23.8 Å². The zero-order valence-electron chi connectivity index (χ0n) is 18.5. The van der Waals surface area contributed by atoms with Crippen LogP contribution in [0.1, 0.15) is 20.3 Å². The van der Waals surface area contributed by atoms with Gasteiger partial charge in [-0.15, -0.1) is 0 Å². The number of benzene rings is 1. The van der Waals surface area contributed by atoms with E-state index in [1.54, 1.807) is 12.0 Å². The summed E-state index contributed by atoms with van der Waals surface area (Å²) >= 11 is 0. The molecule has 170 valence electrons. The van der Waals surface area contributed by atoms with Crippen LogP contribution in [0.5, 0.6) is 5.75 Å². The minimum absolute atomic E-state index is 0.0633. The van der Waals surface area contributed by atoms with Crippen molar-refractivity contribution in [2.45, 2.75) is 26.3 Å². The van der Waals surface area contributed by atoms with Crippen molar-refractivity contribution in [3.8, 4) is 5.75 Å². The lowest BCUT2D eigenvalue weighted by Gasteiger charge is -2.35. The van der Waals surface area contributed by atoms with Gasteiger partial charge in [0.05, 0.1) is 39.5 Å². The van der Waals surface area contributed by atoms with E-state index >= 15 is 0 Å². The Balaban J connectivity index is 1.78. The first-order valence-corrected chi connectivity index (χ1v) is 10.4. The standard InChI is InChI=1S/C23H32N2O6/c1-4-18(22(5-2)28-3)15-29-11-6-12-31-21-9-7-19(8-10-21)25-20(16-30-17-26)13-24-14-23(25)27/h4-5,7-10,17,20,24H,6,11-16H2,1-3H3/b18-4-,22-5+/t20-/m1/s1. The molecule has 1 aromatic carbocycles. The van der Waals surface area contributed by atoms with Gasteiger partial charge in [-0.1, -0.05) is 6.08 Å². The molecule has 1 amide bonds. The maximum atomic E-state index is 12.3. The fourth-order valence-corrected chi connectivity index (χ4v) is 3.33. The summed E-state index contributed by atoms with van der Waals surface area (Å²) in [4.78, 5) is 24.5. The Morgan fingerprint density at radius 2 is 1.97 bits per heavy atom. The number of nitrogens with one attached hydrogen (secondary N) is 1. The van der Waals surface area contributed by atoms with Crippen LogP contribution in [0, 0.1) is 0 Å². The number of ether oxygens (including phenoxy) is 4. The Morgan fingerprint density at radius 3 is 2.61 bits per heavy atom. The Bertz CT molecular complexity index is 760. The Kier molecular flexibility index (Phi) is 10.6. The number of piperazine rings is 1. The van der Waals surface area contributed by atoms with Crippen molar-refractivity contribution in [3.63, 3.8) is 0 Å². The van der Waals surface area contributed by atoms with E-state index in [4.69, 9.17) is 18.9 Å². The van der Waals surface area contributed by atoms with E-state index in [0.717, 1.165) is 29.2 Å². The highest BCUT2D eigenvalue weighted by Crippen LogP contribution is 2.23. The van der Waals surface area contributed by atoms with Crippen LogP contribution >= 0.6 is 0 Å². The van der Waals surface area contributed by atoms with E-state index in [-0.39, 0.29) is 25.1 Å². The van der Waals surface area contributed by atoms with Gasteiger partial charge in [-0.05, 0) is 44.2 Å². The molecule has 0 saturated carbocycles. The number of hydrogen-bond donors (Lipinski definition) is 1. The van der Waals surface area contributed by atoms with Crippen molar-refractivity contribution in [3.05, 3.63) is 47.7 Å². The summed E-state index contributed by atoms with van der Waals surface area (Å²) in [6.45, 7) is 6.84. The largest absolute Gasteiger partial charge is 0.497 e. The van der Waals surface area contributed by atoms with Gasteiger partial charge in [0.15, 0.2) is 0 Å². The van der Waals surface area contributed by atoms with Gasteiger partial charge in [0.1, 0.15) is 18.1 Å². The van der Waals surface area contributed by atoms with Gasteiger partial charge in [0.2, 0.25) is 5.91 Å². The lowest BCUT2D eigenvalue weighted by Crippen LogP contribution is -2.57. The van der Waals surface area contributed by atoms with Gasteiger partial charge in [-0.25, -0.2) is 0 Å². The number of amides is 1. The molecule has 1 aliphatic rings. The third-order valence-corrected chi connectivity index (χ3v) is 4.87. The highest BCUT2D eigenvalue weighted by Gasteiger charge is 2.29. The summed E-state index contributed by atoms with van der Waals surface area (Å²) < 4.78 is 21.7. The number of rotatable bonds is 13. The minimum Gasteiger partial charge on any atom is -0.497 e. The fraction of sp³-hybridized carbons (Fsp3) is 0.478. The highest BCUT2D eigenvalue weighted by atomic mass is 16.5. The third kappa shape index (κ3) is 7.41. The third-order valence-electron chi connectivity index (χ3n) is 4.87. The van der Waals surface area contributed by atoms with Gasteiger partial charge in [-0.2, -0.15) is 0 Å². The second-order valence-electron chi connectivity index (χ2n) is 6.90. The van der Waals surface area contributed by atoms with Crippen LogP contribution in [0.15, 0.2) is 47.7 Å². The Labute approximate surface area is 183 Å². The van der Waals surface area contributed by atoms with E-state index in [0.29, 0.717) is 32.8 Å². The molecule has 1 aliphatic heterocycles. The number of methoxy groups -OCH3 is 1. The molecule has 0 unspecified atom stereocenters. The molecule has 0 aromatic heterocycles. The summed E-state index contributed by atoms with van der Waals surface area (Å²) in [7, 11) is 1.65. The number of allylic oxidation sites excluding steroid dienone is 2. The fourth-order valence-electron chi connectivity index (χ4n) is 3.33. The first-order chi connectivity index (χ1) is 15.1. The zero-order valence-corrected chi connectivity index (χ0v) is 18.5. The van der Waals surface area contributed by atoms with Crippen LogP contribution < -0.4 is 15.0 Å². The molecule has 0 aliphatic carbocycles. The topological polar surface area (TPSA) is 86.3 Å². The van der Waals surface area contributed by atoms with Gasteiger partial charge in [-0.3, -0.25) is 9.59 Å². The summed E-state index contributed by atoms with van der Waals surface area (Å²) in [5, 5.41) is 3.04. The molecule has 0 spiro atoms. The molecule has 1 N–H and O–H groups in total. The lowest BCUT2D eigenvalue weighted by atomic mass is 10.1. The van der Waals surface area contributed by atoms with E-state index in [1.165, 1.54) is 0 Å². The number of nitrogens with zero attached hydrogens (tertiary/aromatic N) is 1. The molecule has 0 bridgehead atoms. The van der Waals surface area contributed by atoms with Gasteiger partial charge < -0.3 is 29.2 Å². The molecule has 0 radical (unpaired) electrons. The lowest BCUT2D eigenvalue weighted by molar-refractivity contribution is -0.130. The van der Waals surface area contributed by atoms with Crippen molar-refractivity contribution in [2.24, 2.45) is 0 Å². The normalized spacial score (nSPS) is 17.5. The van der Waals surface area contributed by atoms with Gasteiger partial charge in [0, 0.05) is 24.2 Å². The smallest absolute Gasteiger partial charge is 0.293 e. The number of carbonyl (C=O) groups is 2. The Hall–Kier alpha value is -2.84. The molecule has 1 fully saturated rings. The van der Waals surface area contributed by atoms with Crippen LogP contribution in [0.25, 0.3) is 0 Å². The van der Waals surface area contributed by atoms with E-state index in [2.05, 4.69) is 5.32 Å². The molecule has 1 saturated heterocycles. The SMILES string of the molecule is C/C=C(COCCCOc1ccc(N2C(=O)CNC[C@@H]2COC=O)cc1)\C(=C/C)OC. The second-order valence-corrected chi connectivity index (χ2v) is 6.90. The quantitative estimate of drug-likeness (QED) is 0.222. The molecule has 31 heavy (non-hydrogen) atoms. The van der Waals surface area contributed by atoms with Crippen molar-refractivity contribution in [2.75, 3.05) is 51.5 Å². The molecule has 8 nitrogen and oxygen atoms in total. The average Bonchev–Trinajstić information content (AvgIpc) is 2.80. The summed E-state index contributed by atoms with van der Waals surface area (Å²) in [6, 6.07) is 7.10. The van der Waals surface area contributed by atoms with E-state index in [1.807, 2.05) is 50.3 Å². The number of anilines is 1. The molecule has 1 atom stereocenters. The molecule has 1 aromatic rings. The molecular formula is C23H32N2O6. The maximum absolute atomic E-state index is 12.3. The van der Waals surface area contributed by atoms with Crippen LogP contribution in [0.2, 0.25) is 0 Å².